The van der Waals surface area contributed by atoms with E-state index in [0.29, 0.717) is 47.1 Å². The van der Waals surface area contributed by atoms with Crippen LogP contribution in [0.1, 0.15) is 34.1 Å². The van der Waals surface area contributed by atoms with Gasteiger partial charge in [-0.2, -0.15) is 0 Å². The van der Waals surface area contributed by atoms with Crippen LogP contribution in [0, 0.1) is 5.82 Å². The first-order chi connectivity index (χ1) is 15.0. The van der Waals surface area contributed by atoms with Crippen molar-refractivity contribution < 1.29 is 14.0 Å². The summed E-state index contributed by atoms with van der Waals surface area (Å²) in [4.78, 5) is 37.3. The highest BCUT2D eigenvalue weighted by Gasteiger charge is 2.28. The van der Waals surface area contributed by atoms with E-state index in [1.807, 2.05) is 0 Å². The molecule has 5 rings (SSSR count). The van der Waals surface area contributed by atoms with Crippen LogP contribution < -0.4 is 16.0 Å². The Morgan fingerprint density at radius 2 is 2.00 bits per heavy atom. The zero-order valence-corrected chi connectivity index (χ0v) is 16.8. The second-order valence-corrected chi connectivity index (χ2v) is 7.65. The van der Waals surface area contributed by atoms with Crippen molar-refractivity contribution >= 4 is 34.9 Å². The van der Waals surface area contributed by atoms with Gasteiger partial charge in [0.1, 0.15) is 11.6 Å². The summed E-state index contributed by atoms with van der Waals surface area (Å²) in [5.41, 5.74) is 2.29. The molecular weight excluding hydrogens is 423 g/mol. The largest absolute Gasteiger partial charge is 0.355 e. The standard InChI is InChI=1S/C21H16ClFN6O2/c22-11-2-1-3-12(23)18(11)13-6-14(19-16(28-13)8-27-21(19)31)29-17-9-25-15(7-26-17)10-4-5-24-20(10)30/h1-3,6-7,9-10H,4-5,8H2,(H,24,30)(H,27,31)(H,26,28,29)/t10-/m0/s1. The maximum absolute atomic E-state index is 14.5. The molecule has 3 N–H and O–H groups in total. The molecule has 0 bridgehead atoms. The monoisotopic (exact) mass is 438 g/mol. The fourth-order valence-corrected chi connectivity index (χ4v) is 4.06. The summed E-state index contributed by atoms with van der Waals surface area (Å²) in [6, 6.07) is 5.96. The summed E-state index contributed by atoms with van der Waals surface area (Å²) in [5.74, 6) is -0.802. The van der Waals surface area contributed by atoms with E-state index in [2.05, 4.69) is 30.9 Å². The average molecular weight is 439 g/mol. The molecule has 1 aromatic carbocycles. The number of amides is 2. The van der Waals surface area contributed by atoms with E-state index in [1.165, 1.54) is 24.5 Å². The van der Waals surface area contributed by atoms with Crippen LogP contribution in [0.2, 0.25) is 5.02 Å². The van der Waals surface area contributed by atoms with Crippen molar-refractivity contribution in [3.05, 3.63) is 64.5 Å². The summed E-state index contributed by atoms with van der Waals surface area (Å²) in [6.45, 7) is 0.842. The minimum atomic E-state index is -0.512. The van der Waals surface area contributed by atoms with Gasteiger partial charge >= 0.3 is 0 Å². The molecule has 1 atom stereocenters. The summed E-state index contributed by atoms with van der Waals surface area (Å²) in [6.07, 6.45) is 3.70. The van der Waals surface area contributed by atoms with E-state index in [9.17, 15) is 14.0 Å². The first-order valence-electron chi connectivity index (χ1n) is 9.64. The summed E-state index contributed by atoms with van der Waals surface area (Å²) in [5, 5.41) is 8.78. The Morgan fingerprint density at radius 1 is 1.13 bits per heavy atom. The lowest BCUT2D eigenvalue weighted by atomic mass is 10.1. The number of nitrogens with zero attached hydrogens (tertiary/aromatic N) is 3. The Labute approximate surface area is 181 Å². The minimum Gasteiger partial charge on any atom is -0.355 e. The molecule has 0 unspecified atom stereocenters. The van der Waals surface area contributed by atoms with Crippen LogP contribution in [0.15, 0.2) is 36.7 Å². The molecule has 2 aliphatic rings. The van der Waals surface area contributed by atoms with Gasteiger partial charge in [-0.25, -0.2) is 14.4 Å². The maximum Gasteiger partial charge on any atom is 0.255 e. The van der Waals surface area contributed by atoms with E-state index < -0.39 is 5.82 Å². The highest BCUT2D eigenvalue weighted by molar-refractivity contribution is 6.33. The molecule has 10 heteroatoms. The van der Waals surface area contributed by atoms with Crippen LogP contribution >= 0.6 is 11.6 Å². The second kappa shape index (κ2) is 7.59. The lowest BCUT2D eigenvalue weighted by Gasteiger charge is -2.13. The molecule has 0 saturated carbocycles. The van der Waals surface area contributed by atoms with Crippen LogP contribution in [-0.2, 0) is 11.3 Å². The molecule has 0 radical (unpaired) electrons. The van der Waals surface area contributed by atoms with Crippen LogP contribution in [0.3, 0.4) is 0 Å². The molecule has 31 heavy (non-hydrogen) atoms. The topological polar surface area (TPSA) is 109 Å². The third-order valence-electron chi connectivity index (χ3n) is 5.30. The molecule has 0 spiro atoms. The third kappa shape index (κ3) is 3.46. The smallest absolute Gasteiger partial charge is 0.255 e. The zero-order chi connectivity index (χ0) is 21.5. The van der Waals surface area contributed by atoms with Crippen molar-refractivity contribution in [1.29, 1.82) is 0 Å². The molecule has 2 aromatic heterocycles. The Hall–Kier alpha value is -3.59. The fraction of sp³-hybridized carbons (Fsp3) is 0.190. The summed E-state index contributed by atoms with van der Waals surface area (Å²) < 4.78 is 14.5. The van der Waals surface area contributed by atoms with Crippen molar-refractivity contribution in [2.45, 2.75) is 18.9 Å². The van der Waals surface area contributed by atoms with Gasteiger partial charge in [0.25, 0.3) is 5.91 Å². The van der Waals surface area contributed by atoms with E-state index in [-0.39, 0.29) is 34.9 Å². The number of carbonyl (C=O) groups is 2. The number of fused-ring (bicyclic) bond motifs is 1. The van der Waals surface area contributed by atoms with Crippen molar-refractivity contribution in [3.63, 3.8) is 0 Å². The lowest BCUT2D eigenvalue weighted by Crippen LogP contribution is -2.18. The average Bonchev–Trinajstić information content (AvgIpc) is 3.34. The van der Waals surface area contributed by atoms with E-state index >= 15 is 0 Å². The number of halogens is 2. The minimum absolute atomic E-state index is 0.0648. The molecule has 2 amide bonds. The number of aromatic nitrogens is 3. The molecular formula is C21H16ClFN6O2. The molecule has 0 aliphatic carbocycles. The molecule has 1 fully saturated rings. The van der Waals surface area contributed by atoms with Crippen molar-refractivity contribution in [2.24, 2.45) is 0 Å². The van der Waals surface area contributed by atoms with Crippen LogP contribution in [-0.4, -0.2) is 33.3 Å². The molecule has 1 saturated heterocycles. The number of pyridine rings is 1. The first-order valence-corrected chi connectivity index (χ1v) is 10.0. The molecule has 2 aliphatic heterocycles. The van der Waals surface area contributed by atoms with Crippen molar-refractivity contribution in [3.8, 4) is 11.3 Å². The summed E-state index contributed by atoms with van der Waals surface area (Å²) in [7, 11) is 0. The number of carbonyl (C=O) groups excluding carboxylic acids is 2. The van der Waals surface area contributed by atoms with Crippen molar-refractivity contribution in [1.82, 2.24) is 25.6 Å². The number of hydrogen-bond donors (Lipinski definition) is 3. The molecule has 8 nitrogen and oxygen atoms in total. The van der Waals surface area contributed by atoms with Crippen LogP contribution in [0.5, 0.6) is 0 Å². The Balaban J connectivity index is 1.52. The van der Waals surface area contributed by atoms with E-state index in [0.717, 1.165) is 0 Å². The Morgan fingerprint density at radius 3 is 2.71 bits per heavy atom. The molecule has 156 valence electrons. The SMILES string of the molecule is O=C1NCc2nc(-c3c(F)cccc3Cl)cc(Nc3cnc([C@@H]4CCNC4=O)cn3)c21. The summed E-state index contributed by atoms with van der Waals surface area (Å²) >= 11 is 6.21. The number of hydrogen-bond acceptors (Lipinski definition) is 6. The van der Waals surface area contributed by atoms with Gasteiger partial charge in [0.05, 0.1) is 63.8 Å². The maximum atomic E-state index is 14.5. The van der Waals surface area contributed by atoms with Gasteiger partial charge in [-0.3, -0.25) is 14.6 Å². The van der Waals surface area contributed by atoms with Gasteiger partial charge in [-0.15, -0.1) is 0 Å². The van der Waals surface area contributed by atoms with Crippen LogP contribution in [0.25, 0.3) is 11.3 Å². The number of nitrogens with one attached hydrogen (secondary N) is 3. The normalized spacial score (nSPS) is 17.3. The van der Waals surface area contributed by atoms with Crippen LogP contribution in [0.4, 0.5) is 15.9 Å². The van der Waals surface area contributed by atoms with Gasteiger partial charge in [0, 0.05) is 6.54 Å². The second-order valence-electron chi connectivity index (χ2n) is 7.24. The highest BCUT2D eigenvalue weighted by Crippen LogP contribution is 2.35. The quantitative estimate of drug-likeness (QED) is 0.578. The van der Waals surface area contributed by atoms with Gasteiger partial charge in [0.15, 0.2) is 0 Å². The fourth-order valence-electron chi connectivity index (χ4n) is 3.80. The van der Waals surface area contributed by atoms with Gasteiger partial charge in [0.2, 0.25) is 5.91 Å². The van der Waals surface area contributed by atoms with E-state index in [1.54, 1.807) is 12.1 Å². The van der Waals surface area contributed by atoms with Crippen molar-refractivity contribution in [2.75, 3.05) is 11.9 Å². The first kappa shape index (κ1) is 19.4. The number of anilines is 2. The number of benzene rings is 1. The Bertz CT molecular complexity index is 1200. The lowest BCUT2D eigenvalue weighted by molar-refractivity contribution is -0.120. The van der Waals surface area contributed by atoms with E-state index in [4.69, 9.17) is 11.6 Å². The van der Waals surface area contributed by atoms with Gasteiger partial charge in [-0.1, -0.05) is 17.7 Å². The van der Waals surface area contributed by atoms with Gasteiger partial charge in [-0.05, 0) is 24.6 Å². The molecule has 3 aromatic rings. The highest BCUT2D eigenvalue weighted by atomic mass is 35.5. The Kier molecular flexibility index (Phi) is 4.74. The number of rotatable bonds is 4. The zero-order valence-electron chi connectivity index (χ0n) is 16.1. The predicted molar refractivity (Wildman–Crippen MR) is 111 cm³/mol. The van der Waals surface area contributed by atoms with Gasteiger partial charge < -0.3 is 16.0 Å². The molecule has 4 heterocycles. The predicted octanol–water partition coefficient (Wildman–Crippen LogP) is 2.92. The third-order valence-corrected chi connectivity index (χ3v) is 5.61.